The molecule has 1 aromatic carbocycles. The van der Waals surface area contributed by atoms with E-state index in [0.29, 0.717) is 5.92 Å². The van der Waals surface area contributed by atoms with Crippen LogP contribution in [-0.2, 0) is 16.0 Å². The molecule has 1 aromatic rings. The number of nitrogens with zero attached hydrogens (tertiary/aromatic N) is 1. The zero-order chi connectivity index (χ0) is 18.2. The Balaban J connectivity index is 1.59. The average Bonchev–Trinajstić information content (AvgIpc) is 2.87. The lowest BCUT2D eigenvalue weighted by Crippen LogP contribution is -2.34. The number of amides is 2. The van der Waals surface area contributed by atoms with Crippen molar-refractivity contribution in [2.45, 2.75) is 53.4 Å². The second-order valence-electron chi connectivity index (χ2n) is 8.14. The fourth-order valence-electron chi connectivity index (χ4n) is 4.36. The maximum atomic E-state index is 12.2. The molecule has 0 spiro atoms. The number of rotatable bonds is 4. The van der Waals surface area contributed by atoms with Gasteiger partial charge in [0.1, 0.15) is 0 Å². The summed E-state index contributed by atoms with van der Waals surface area (Å²) in [5.41, 5.74) is 5.88. The average molecular weight is 341 g/mol. The first-order chi connectivity index (χ1) is 11.7. The normalized spacial score (nSPS) is 28.2. The SMILES string of the molecule is CC(=O)Nc1ccc(CC(=O)N/N=C2/C[C@@H]3CC[C@]2(C)C3(C)C)cc1. The van der Waals surface area contributed by atoms with Gasteiger partial charge in [0.2, 0.25) is 11.8 Å². The number of carbonyl (C=O) groups is 2. The fourth-order valence-corrected chi connectivity index (χ4v) is 4.36. The minimum Gasteiger partial charge on any atom is -0.326 e. The Morgan fingerprint density at radius 2 is 1.88 bits per heavy atom. The van der Waals surface area contributed by atoms with Gasteiger partial charge in [0.15, 0.2) is 0 Å². The first-order valence-electron chi connectivity index (χ1n) is 8.95. The van der Waals surface area contributed by atoms with E-state index in [0.717, 1.165) is 29.8 Å². The minimum absolute atomic E-state index is 0.102. The second kappa shape index (κ2) is 6.28. The monoisotopic (exact) mass is 341 g/mol. The van der Waals surface area contributed by atoms with Crippen LogP contribution in [0.4, 0.5) is 5.69 Å². The van der Waals surface area contributed by atoms with Crippen LogP contribution in [-0.4, -0.2) is 17.5 Å². The number of benzene rings is 1. The molecule has 134 valence electrons. The van der Waals surface area contributed by atoms with Gasteiger partial charge in [-0.25, -0.2) is 5.43 Å². The van der Waals surface area contributed by atoms with Crippen LogP contribution >= 0.6 is 0 Å². The summed E-state index contributed by atoms with van der Waals surface area (Å²) in [5.74, 6) is 0.460. The van der Waals surface area contributed by atoms with Crippen LogP contribution in [0.1, 0.15) is 52.5 Å². The molecule has 5 heteroatoms. The predicted octanol–water partition coefficient (Wildman–Crippen LogP) is 3.51. The standard InChI is InChI=1S/C20H27N3O2/c1-13(24)21-16-7-5-14(6-8-16)11-18(25)23-22-17-12-15-9-10-20(17,4)19(15,2)3/h5-8,15H,9-12H2,1-4H3,(H,21,24)(H,23,25)/b22-17-/t15-,20-/m0/s1. The first kappa shape index (κ1) is 17.6. The van der Waals surface area contributed by atoms with Crippen LogP contribution < -0.4 is 10.7 Å². The Labute approximate surface area is 149 Å². The maximum absolute atomic E-state index is 12.2. The van der Waals surface area contributed by atoms with E-state index in [1.807, 2.05) is 12.1 Å². The van der Waals surface area contributed by atoms with E-state index in [2.05, 4.69) is 36.6 Å². The smallest absolute Gasteiger partial charge is 0.244 e. The highest BCUT2D eigenvalue weighted by atomic mass is 16.2. The Kier molecular flexibility index (Phi) is 4.43. The van der Waals surface area contributed by atoms with Crippen molar-refractivity contribution in [3.63, 3.8) is 0 Å². The van der Waals surface area contributed by atoms with Gasteiger partial charge in [-0.05, 0) is 48.3 Å². The van der Waals surface area contributed by atoms with Crippen molar-refractivity contribution in [1.29, 1.82) is 0 Å². The van der Waals surface area contributed by atoms with Crippen LogP contribution in [0.25, 0.3) is 0 Å². The molecule has 2 N–H and O–H groups in total. The summed E-state index contributed by atoms with van der Waals surface area (Å²) >= 11 is 0. The molecule has 0 aromatic heterocycles. The van der Waals surface area contributed by atoms with Crippen LogP contribution in [0.5, 0.6) is 0 Å². The molecule has 2 saturated carbocycles. The lowest BCUT2D eigenvalue weighted by molar-refractivity contribution is -0.120. The van der Waals surface area contributed by atoms with Crippen molar-refractivity contribution >= 4 is 23.2 Å². The molecule has 2 fully saturated rings. The third kappa shape index (κ3) is 3.20. The van der Waals surface area contributed by atoms with Crippen molar-refractivity contribution in [2.75, 3.05) is 5.32 Å². The Morgan fingerprint density at radius 1 is 1.20 bits per heavy atom. The number of nitrogens with one attached hydrogen (secondary N) is 2. The van der Waals surface area contributed by atoms with Crippen LogP contribution in [0, 0.1) is 16.7 Å². The molecular formula is C20H27N3O2. The number of hydrogen-bond acceptors (Lipinski definition) is 3. The minimum atomic E-state index is -0.108. The van der Waals surface area contributed by atoms with Crippen molar-refractivity contribution in [2.24, 2.45) is 21.8 Å². The summed E-state index contributed by atoms with van der Waals surface area (Å²) in [6.45, 7) is 8.40. The topological polar surface area (TPSA) is 70.6 Å². The second-order valence-corrected chi connectivity index (χ2v) is 8.14. The van der Waals surface area contributed by atoms with E-state index in [1.165, 1.54) is 13.3 Å². The maximum Gasteiger partial charge on any atom is 0.244 e. The lowest BCUT2D eigenvalue weighted by atomic mass is 9.70. The van der Waals surface area contributed by atoms with E-state index in [-0.39, 0.29) is 29.1 Å². The zero-order valence-electron chi connectivity index (χ0n) is 15.5. The van der Waals surface area contributed by atoms with E-state index in [1.54, 1.807) is 12.1 Å². The Morgan fingerprint density at radius 3 is 2.40 bits per heavy atom. The molecule has 2 atom stereocenters. The lowest BCUT2D eigenvalue weighted by Gasteiger charge is -2.34. The molecule has 0 radical (unpaired) electrons. The molecule has 25 heavy (non-hydrogen) atoms. The molecule has 5 nitrogen and oxygen atoms in total. The van der Waals surface area contributed by atoms with Crippen molar-refractivity contribution in [3.8, 4) is 0 Å². The molecule has 0 saturated heterocycles. The van der Waals surface area contributed by atoms with Crippen molar-refractivity contribution in [3.05, 3.63) is 29.8 Å². The quantitative estimate of drug-likeness (QED) is 0.823. The number of hydrogen-bond donors (Lipinski definition) is 2. The van der Waals surface area contributed by atoms with Gasteiger partial charge in [-0.15, -0.1) is 0 Å². The third-order valence-electron chi connectivity index (χ3n) is 6.47. The van der Waals surface area contributed by atoms with Crippen LogP contribution in [0.2, 0.25) is 0 Å². The Hall–Kier alpha value is -2.17. The van der Waals surface area contributed by atoms with Gasteiger partial charge in [0, 0.05) is 23.7 Å². The summed E-state index contributed by atoms with van der Waals surface area (Å²) < 4.78 is 0. The fraction of sp³-hybridized carbons (Fsp3) is 0.550. The van der Waals surface area contributed by atoms with Crippen molar-refractivity contribution < 1.29 is 9.59 Å². The first-order valence-corrected chi connectivity index (χ1v) is 8.95. The number of hydrazone groups is 1. The summed E-state index contributed by atoms with van der Waals surface area (Å²) in [6, 6.07) is 7.30. The van der Waals surface area contributed by atoms with E-state index >= 15 is 0 Å². The summed E-state index contributed by atoms with van der Waals surface area (Å²) in [6.07, 6.45) is 3.69. The highest BCUT2D eigenvalue weighted by Crippen LogP contribution is 2.63. The zero-order valence-corrected chi connectivity index (χ0v) is 15.5. The highest BCUT2D eigenvalue weighted by molar-refractivity contribution is 5.95. The molecular weight excluding hydrogens is 314 g/mol. The molecule has 0 heterocycles. The molecule has 0 unspecified atom stereocenters. The largest absolute Gasteiger partial charge is 0.326 e. The van der Waals surface area contributed by atoms with Crippen LogP contribution in [0.3, 0.4) is 0 Å². The van der Waals surface area contributed by atoms with Gasteiger partial charge in [-0.2, -0.15) is 5.10 Å². The van der Waals surface area contributed by atoms with E-state index in [9.17, 15) is 9.59 Å². The summed E-state index contributed by atoms with van der Waals surface area (Å²) in [7, 11) is 0. The van der Waals surface area contributed by atoms with E-state index in [4.69, 9.17) is 0 Å². The summed E-state index contributed by atoms with van der Waals surface area (Å²) in [4.78, 5) is 23.2. The van der Waals surface area contributed by atoms with Gasteiger partial charge in [-0.3, -0.25) is 9.59 Å². The number of anilines is 1. The molecule has 2 aliphatic carbocycles. The molecule has 3 rings (SSSR count). The Bertz CT molecular complexity index is 721. The number of carbonyl (C=O) groups excluding carboxylic acids is 2. The van der Waals surface area contributed by atoms with Gasteiger partial charge in [-0.1, -0.05) is 32.9 Å². The van der Waals surface area contributed by atoms with Crippen LogP contribution in [0.15, 0.2) is 29.4 Å². The van der Waals surface area contributed by atoms with E-state index < -0.39 is 0 Å². The van der Waals surface area contributed by atoms with Gasteiger partial charge < -0.3 is 5.32 Å². The van der Waals surface area contributed by atoms with Gasteiger partial charge in [0.25, 0.3) is 0 Å². The highest BCUT2D eigenvalue weighted by Gasteiger charge is 2.59. The number of fused-ring (bicyclic) bond motifs is 2. The molecule has 2 bridgehead atoms. The molecule has 2 amide bonds. The summed E-state index contributed by atoms with van der Waals surface area (Å²) in [5, 5.41) is 7.20. The van der Waals surface area contributed by atoms with Gasteiger partial charge in [0.05, 0.1) is 6.42 Å². The predicted molar refractivity (Wildman–Crippen MR) is 99.3 cm³/mol. The van der Waals surface area contributed by atoms with Crippen molar-refractivity contribution in [1.82, 2.24) is 5.43 Å². The third-order valence-corrected chi connectivity index (χ3v) is 6.47. The molecule has 2 aliphatic rings. The molecule has 0 aliphatic heterocycles. The van der Waals surface area contributed by atoms with Gasteiger partial charge >= 0.3 is 0 Å².